The van der Waals surface area contributed by atoms with Gasteiger partial charge in [-0.05, 0) is 71.7 Å². The zero-order valence-corrected chi connectivity index (χ0v) is 18.2. The van der Waals surface area contributed by atoms with Gasteiger partial charge in [-0.3, -0.25) is 9.10 Å². The van der Waals surface area contributed by atoms with Crippen LogP contribution in [0.4, 0.5) is 5.69 Å². The van der Waals surface area contributed by atoms with Crippen LogP contribution in [0.1, 0.15) is 19.4 Å². The second kappa shape index (κ2) is 9.70. The van der Waals surface area contributed by atoms with Crippen molar-refractivity contribution < 1.29 is 17.9 Å². The van der Waals surface area contributed by atoms with E-state index in [1.165, 1.54) is 6.21 Å². The molecule has 0 fully saturated rings. The van der Waals surface area contributed by atoms with Crippen LogP contribution >= 0.6 is 15.9 Å². The Labute approximate surface area is 173 Å². The van der Waals surface area contributed by atoms with E-state index in [0.29, 0.717) is 10.2 Å². The van der Waals surface area contributed by atoms with Gasteiger partial charge < -0.3 is 4.74 Å². The first-order chi connectivity index (χ1) is 13.2. The number of benzene rings is 2. The Bertz CT molecular complexity index is 944. The molecule has 0 saturated carbocycles. The highest BCUT2D eigenvalue weighted by Gasteiger charge is 2.22. The second-order valence-corrected chi connectivity index (χ2v) is 9.01. The molecule has 0 bridgehead atoms. The first-order valence-corrected chi connectivity index (χ1v) is 11.1. The number of para-hydroxylation sites is 1. The van der Waals surface area contributed by atoms with Crippen molar-refractivity contribution in [1.82, 2.24) is 5.43 Å². The third-order valence-corrected chi connectivity index (χ3v) is 5.26. The largest absolute Gasteiger partial charge is 0.491 e. The molecule has 0 aliphatic carbocycles. The number of halogens is 1. The highest BCUT2D eigenvalue weighted by molar-refractivity contribution is 9.10. The molecule has 0 saturated heterocycles. The molecule has 1 amide bonds. The van der Waals surface area contributed by atoms with Gasteiger partial charge in [0, 0.05) is 4.47 Å². The van der Waals surface area contributed by atoms with Crippen LogP contribution in [0.3, 0.4) is 0 Å². The zero-order valence-electron chi connectivity index (χ0n) is 15.8. The summed E-state index contributed by atoms with van der Waals surface area (Å²) in [6.45, 7) is 3.50. The van der Waals surface area contributed by atoms with Gasteiger partial charge >= 0.3 is 0 Å². The molecule has 9 heteroatoms. The summed E-state index contributed by atoms with van der Waals surface area (Å²) < 4.78 is 31.3. The number of hydrogen-bond acceptors (Lipinski definition) is 5. The summed E-state index contributed by atoms with van der Waals surface area (Å²) in [6.07, 6.45) is 2.60. The Morgan fingerprint density at radius 3 is 2.43 bits per heavy atom. The van der Waals surface area contributed by atoms with Crippen LogP contribution in [0.2, 0.25) is 0 Å². The molecule has 2 aromatic rings. The Hall–Kier alpha value is -2.39. The fourth-order valence-corrected chi connectivity index (χ4v) is 3.77. The predicted molar refractivity (Wildman–Crippen MR) is 114 cm³/mol. The summed E-state index contributed by atoms with van der Waals surface area (Å²) in [7, 11) is -3.65. The highest BCUT2D eigenvalue weighted by Crippen LogP contribution is 2.27. The average molecular weight is 468 g/mol. The molecular weight excluding hydrogens is 446 g/mol. The summed E-state index contributed by atoms with van der Waals surface area (Å²) in [6, 6.07) is 14.0. The quantitative estimate of drug-likeness (QED) is 0.476. The van der Waals surface area contributed by atoms with Crippen molar-refractivity contribution in [2.75, 3.05) is 17.1 Å². The SMILES string of the molecule is CC(C)Oc1ccc(/C=N/NC(=O)CN(c2ccccc2Br)S(C)(=O)=O)cc1. The van der Waals surface area contributed by atoms with E-state index in [9.17, 15) is 13.2 Å². The fraction of sp³-hybridized carbons (Fsp3) is 0.263. The number of carbonyl (C=O) groups is 1. The maximum Gasteiger partial charge on any atom is 0.260 e. The topological polar surface area (TPSA) is 88.1 Å². The number of rotatable bonds is 8. The van der Waals surface area contributed by atoms with Gasteiger partial charge in [0.25, 0.3) is 5.91 Å². The molecule has 7 nitrogen and oxygen atoms in total. The lowest BCUT2D eigenvalue weighted by atomic mass is 10.2. The number of nitrogens with one attached hydrogen (secondary N) is 1. The van der Waals surface area contributed by atoms with Crippen LogP contribution in [0, 0.1) is 0 Å². The summed E-state index contributed by atoms with van der Waals surface area (Å²) in [5.74, 6) is 0.186. The van der Waals surface area contributed by atoms with Gasteiger partial charge in [-0.15, -0.1) is 0 Å². The molecule has 0 heterocycles. The molecular formula is C19H22BrN3O4S. The number of ether oxygens (including phenoxy) is 1. The summed E-state index contributed by atoms with van der Waals surface area (Å²) >= 11 is 3.31. The number of hydrazone groups is 1. The predicted octanol–water partition coefficient (Wildman–Crippen LogP) is 3.15. The smallest absolute Gasteiger partial charge is 0.260 e. The van der Waals surface area contributed by atoms with E-state index < -0.39 is 15.9 Å². The van der Waals surface area contributed by atoms with Crippen LogP contribution in [-0.2, 0) is 14.8 Å². The minimum absolute atomic E-state index is 0.0845. The lowest BCUT2D eigenvalue weighted by Gasteiger charge is -2.22. The Balaban J connectivity index is 2.01. The van der Waals surface area contributed by atoms with Crippen molar-refractivity contribution in [2.24, 2.45) is 5.10 Å². The van der Waals surface area contributed by atoms with Gasteiger partial charge in [0.1, 0.15) is 12.3 Å². The molecule has 28 heavy (non-hydrogen) atoms. The molecule has 0 radical (unpaired) electrons. The van der Waals surface area contributed by atoms with Gasteiger partial charge in [0.15, 0.2) is 0 Å². The van der Waals surface area contributed by atoms with Crippen molar-refractivity contribution >= 4 is 43.8 Å². The van der Waals surface area contributed by atoms with Gasteiger partial charge in [-0.1, -0.05) is 12.1 Å². The third kappa shape index (κ3) is 6.65. The van der Waals surface area contributed by atoms with Crippen molar-refractivity contribution in [2.45, 2.75) is 20.0 Å². The van der Waals surface area contributed by atoms with Crippen molar-refractivity contribution in [3.05, 3.63) is 58.6 Å². The third-order valence-electron chi connectivity index (χ3n) is 3.46. The molecule has 0 aromatic heterocycles. The van der Waals surface area contributed by atoms with Crippen LogP contribution in [-0.4, -0.2) is 39.4 Å². The first kappa shape index (κ1) is 21.9. The van der Waals surface area contributed by atoms with Crippen molar-refractivity contribution in [3.63, 3.8) is 0 Å². The van der Waals surface area contributed by atoms with E-state index in [4.69, 9.17) is 4.74 Å². The van der Waals surface area contributed by atoms with Crippen LogP contribution < -0.4 is 14.5 Å². The van der Waals surface area contributed by atoms with Crippen LogP contribution in [0.5, 0.6) is 5.75 Å². The summed E-state index contributed by atoms with van der Waals surface area (Å²) in [5, 5.41) is 3.88. The van der Waals surface area contributed by atoms with E-state index in [0.717, 1.165) is 21.9 Å². The van der Waals surface area contributed by atoms with Crippen molar-refractivity contribution in [1.29, 1.82) is 0 Å². The first-order valence-electron chi connectivity index (χ1n) is 8.47. The molecule has 0 aliphatic rings. The van der Waals surface area contributed by atoms with Crippen molar-refractivity contribution in [3.8, 4) is 5.75 Å². The number of nitrogens with zero attached hydrogens (tertiary/aromatic N) is 2. The normalized spacial score (nSPS) is 11.6. The van der Waals surface area contributed by atoms with E-state index in [1.807, 2.05) is 26.0 Å². The number of sulfonamides is 1. The van der Waals surface area contributed by atoms with Crippen LogP contribution in [0.15, 0.2) is 58.1 Å². The maximum atomic E-state index is 12.2. The second-order valence-electron chi connectivity index (χ2n) is 6.25. The minimum Gasteiger partial charge on any atom is -0.491 e. The number of anilines is 1. The van der Waals surface area contributed by atoms with Gasteiger partial charge in [0.05, 0.1) is 24.3 Å². The fourth-order valence-electron chi connectivity index (χ4n) is 2.28. The molecule has 2 aromatic carbocycles. The molecule has 0 atom stereocenters. The summed E-state index contributed by atoms with van der Waals surface area (Å²) in [5.41, 5.74) is 3.49. The zero-order chi connectivity index (χ0) is 20.7. The monoisotopic (exact) mass is 467 g/mol. The standard InChI is InChI=1S/C19H22BrN3O4S/c1-14(2)27-16-10-8-15(9-11-16)12-21-22-19(24)13-23(28(3,25)26)18-7-5-4-6-17(18)20/h4-12,14H,13H2,1-3H3,(H,22,24)/b21-12+. The molecule has 1 N–H and O–H groups in total. The van der Waals surface area contributed by atoms with E-state index in [1.54, 1.807) is 36.4 Å². The number of hydrogen-bond donors (Lipinski definition) is 1. The molecule has 0 spiro atoms. The lowest BCUT2D eigenvalue weighted by Crippen LogP contribution is -2.39. The van der Waals surface area contributed by atoms with Gasteiger partial charge in [0.2, 0.25) is 10.0 Å². The Morgan fingerprint density at radius 2 is 1.86 bits per heavy atom. The maximum absolute atomic E-state index is 12.2. The van der Waals surface area contributed by atoms with E-state index in [-0.39, 0.29) is 12.6 Å². The minimum atomic E-state index is -3.65. The number of carbonyl (C=O) groups excluding carboxylic acids is 1. The molecule has 150 valence electrons. The molecule has 0 unspecified atom stereocenters. The highest BCUT2D eigenvalue weighted by atomic mass is 79.9. The summed E-state index contributed by atoms with van der Waals surface area (Å²) in [4.78, 5) is 12.2. The van der Waals surface area contributed by atoms with Crippen LogP contribution in [0.25, 0.3) is 0 Å². The Morgan fingerprint density at radius 1 is 1.21 bits per heavy atom. The lowest BCUT2D eigenvalue weighted by molar-refractivity contribution is -0.119. The molecule has 2 rings (SSSR count). The van der Waals surface area contributed by atoms with E-state index >= 15 is 0 Å². The van der Waals surface area contributed by atoms with Gasteiger partial charge in [-0.25, -0.2) is 13.8 Å². The van der Waals surface area contributed by atoms with E-state index in [2.05, 4.69) is 26.5 Å². The number of amides is 1. The molecule has 0 aliphatic heterocycles. The Kier molecular flexibility index (Phi) is 7.59. The van der Waals surface area contributed by atoms with Gasteiger partial charge in [-0.2, -0.15) is 5.10 Å². The average Bonchev–Trinajstić information content (AvgIpc) is 2.60.